The summed E-state index contributed by atoms with van der Waals surface area (Å²) in [6.45, 7) is 8.44. The molecule has 1 atom stereocenters. The van der Waals surface area contributed by atoms with Crippen molar-refractivity contribution in [2.24, 2.45) is 5.92 Å². The molecule has 0 aliphatic rings. The van der Waals surface area contributed by atoms with Crippen LogP contribution in [0, 0.1) is 5.92 Å². The Hall–Kier alpha value is -0.550. The molecule has 1 aromatic rings. The molecule has 0 saturated heterocycles. The van der Waals surface area contributed by atoms with E-state index in [-0.39, 0.29) is 5.92 Å². The van der Waals surface area contributed by atoms with Gasteiger partial charge >= 0.3 is 0 Å². The van der Waals surface area contributed by atoms with E-state index >= 15 is 0 Å². The van der Waals surface area contributed by atoms with Crippen LogP contribution < -0.4 is 5.32 Å². The van der Waals surface area contributed by atoms with Crippen LogP contribution >= 0.6 is 11.8 Å². The average Bonchev–Trinajstić information content (AvgIpc) is 2.42. The second kappa shape index (κ2) is 8.67. The van der Waals surface area contributed by atoms with Crippen LogP contribution in [0.4, 0.5) is 0 Å². The molecule has 1 aromatic carbocycles. The van der Waals surface area contributed by atoms with Gasteiger partial charge < -0.3 is 15.2 Å². The maximum absolute atomic E-state index is 10.3. The summed E-state index contributed by atoms with van der Waals surface area (Å²) in [4.78, 5) is 1.21. The van der Waals surface area contributed by atoms with Gasteiger partial charge in [0.25, 0.3) is 0 Å². The van der Waals surface area contributed by atoms with Crippen molar-refractivity contribution in [3.05, 3.63) is 29.8 Å². The van der Waals surface area contributed by atoms with Crippen LogP contribution in [0.5, 0.6) is 0 Å². The van der Waals surface area contributed by atoms with Gasteiger partial charge in [-0.25, -0.2) is 0 Å². The first-order valence-electron chi connectivity index (χ1n) is 7.09. The zero-order valence-electron chi connectivity index (χ0n) is 13.0. The molecule has 0 aliphatic carbocycles. The van der Waals surface area contributed by atoms with Gasteiger partial charge in [0.1, 0.15) is 0 Å². The van der Waals surface area contributed by atoms with E-state index in [2.05, 4.69) is 43.4 Å². The standard InChI is InChI=1S/C16H27NO2S/c1-13(2)16(3,18)12-20-15-7-5-6-14(10-15)11-17-8-9-19-4/h5-7,10,13,17-18H,8-9,11-12H2,1-4H3. The monoisotopic (exact) mass is 297 g/mol. The fourth-order valence-corrected chi connectivity index (χ4v) is 2.75. The molecule has 2 N–H and O–H groups in total. The molecule has 1 unspecified atom stereocenters. The first-order valence-corrected chi connectivity index (χ1v) is 8.08. The van der Waals surface area contributed by atoms with Gasteiger partial charge in [-0.2, -0.15) is 0 Å². The van der Waals surface area contributed by atoms with Gasteiger partial charge in [0.2, 0.25) is 0 Å². The molecule has 0 fully saturated rings. The lowest BCUT2D eigenvalue weighted by atomic mass is 9.95. The number of hydrogen-bond acceptors (Lipinski definition) is 4. The summed E-state index contributed by atoms with van der Waals surface area (Å²) in [5, 5.41) is 13.6. The quantitative estimate of drug-likeness (QED) is 0.543. The lowest BCUT2D eigenvalue weighted by Gasteiger charge is -2.27. The summed E-state index contributed by atoms with van der Waals surface area (Å²) in [5.74, 6) is 0.972. The van der Waals surface area contributed by atoms with E-state index in [0.717, 1.165) is 19.7 Å². The van der Waals surface area contributed by atoms with Crippen molar-refractivity contribution >= 4 is 11.8 Å². The molecular weight excluding hydrogens is 270 g/mol. The van der Waals surface area contributed by atoms with E-state index in [1.54, 1.807) is 18.9 Å². The minimum absolute atomic E-state index is 0.258. The Morgan fingerprint density at radius 2 is 2.15 bits per heavy atom. The molecule has 0 aliphatic heterocycles. The normalized spacial score (nSPS) is 14.5. The van der Waals surface area contributed by atoms with Crippen molar-refractivity contribution in [2.45, 2.75) is 37.8 Å². The van der Waals surface area contributed by atoms with Gasteiger partial charge in [-0.3, -0.25) is 0 Å². The molecule has 3 nitrogen and oxygen atoms in total. The molecule has 0 bridgehead atoms. The molecule has 0 aromatic heterocycles. The Balaban J connectivity index is 2.47. The van der Waals surface area contributed by atoms with E-state index in [1.807, 2.05) is 6.92 Å². The van der Waals surface area contributed by atoms with Gasteiger partial charge in [-0.15, -0.1) is 11.8 Å². The number of methoxy groups -OCH3 is 1. The third-order valence-electron chi connectivity index (χ3n) is 3.49. The highest BCUT2D eigenvalue weighted by molar-refractivity contribution is 7.99. The minimum Gasteiger partial charge on any atom is -0.389 e. The fourth-order valence-electron chi connectivity index (χ4n) is 1.55. The second-order valence-electron chi connectivity index (χ2n) is 5.62. The summed E-state index contributed by atoms with van der Waals surface area (Å²) in [6.07, 6.45) is 0. The summed E-state index contributed by atoms with van der Waals surface area (Å²) in [5.41, 5.74) is 0.632. The predicted octanol–water partition coefficient (Wildman–Crippen LogP) is 2.92. The van der Waals surface area contributed by atoms with Crippen LogP contribution in [-0.2, 0) is 11.3 Å². The summed E-state index contributed by atoms with van der Waals surface area (Å²) in [7, 11) is 1.71. The SMILES string of the molecule is COCCNCc1cccc(SCC(C)(O)C(C)C)c1. The van der Waals surface area contributed by atoms with Gasteiger partial charge in [0, 0.05) is 30.8 Å². The molecule has 20 heavy (non-hydrogen) atoms. The average molecular weight is 297 g/mol. The molecule has 0 radical (unpaired) electrons. The van der Waals surface area contributed by atoms with E-state index in [0.29, 0.717) is 5.75 Å². The molecule has 0 heterocycles. The van der Waals surface area contributed by atoms with Crippen molar-refractivity contribution < 1.29 is 9.84 Å². The highest BCUT2D eigenvalue weighted by atomic mass is 32.2. The van der Waals surface area contributed by atoms with Crippen molar-refractivity contribution in [3.63, 3.8) is 0 Å². The maximum Gasteiger partial charge on any atom is 0.0736 e. The Morgan fingerprint density at radius 1 is 1.40 bits per heavy atom. The molecular formula is C16H27NO2S. The van der Waals surface area contributed by atoms with Gasteiger partial charge in [0.15, 0.2) is 0 Å². The summed E-state index contributed by atoms with van der Waals surface area (Å²) >= 11 is 1.71. The number of nitrogens with one attached hydrogen (secondary N) is 1. The highest BCUT2D eigenvalue weighted by Gasteiger charge is 2.24. The van der Waals surface area contributed by atoms with Crippen LogP contribution in [0.25, 0.3) is 0 Å². The third-order valence-corrected chi connectivity index (χ3v) is 4.80. The number of thioether (sulfide) groups is 1. The van der Waals surface area contributed by atoms with Gasteiger partial charge in [0.05, 0.1) is 12.2 Å². The van der Waals surface area contributed by atoms with E-state index < -0.39 is 5.60 Å². The number of benzene rings is 1. The maximum atomic E-state index is 10.3. The second-order valence-corrected chi connectivity index (χ2v) is 6.67. The Kier molecular flexibility index (Phi) is 7.59. The first kappa shape index (κ1) is 17.5. The van der Waals surface area contributed by atoms with E-state index in [9.17, 15) is 5.11 Å². The van der Waals surface area contributed by atoms with Gasteiger partial charge in [-0.05, 0) is 30.5 Å². The largest absolute Gasteiger partial charge is 0.389 e. The molecule has 0 saturated carbocycles. The number of rotatable bonds is 9. The van der Waals surface area contributed by atoms with Crippen molar-refractivity contribution in [1.82, 2.24) is 5.32 Å². The Labute approximate surface area is 127 Å². The third kappa shape index (κ3) is 6.27. The molecule has 114 valence electrons. The van der Waals surface area contributed by atoms with E-state index in [1.165, 1.54) is 10.5 Å². The molecule has 0 spiro atoms. The predicted molar refractivity (Wildman–Crippen MR) is 86.2 cm³/mol. The smallest absolute Gasteiger partial charge is 0.0736 e. The molecule has 1 rings (SSSR count). The highest BCUT2D eigenvalue weighted by Crippen LogP contribution is 2.27. The topological polar surface area (TPSA) is 41.5 Å². The summed E-state index contributed by atoms with van der Waals surface area (Å²) < 4.78 is 5.01. The van der Waals surface area contributed by atoms with Crippen LogP contribution in [0.1, 0.15) is 26.3 Å². The van der Waals surface area contributed by atoms with Gasteiger partial charge in [-0.1, -0.05) is 26.0 Å². The minimum atomic E-state index is -0.628. The lowest BCUT2D eigenvalue weighted by Crippen LogP contribution is -2.33. The molecule has 0 amide bonds. The van der Waals surface area contributed by atoms with Crippen LogP contribution in [0.2, 0.25) is 0 Å². The van der Waals surface area contributed by atoms with Crippen molar-refractivity contribution in [1.29, 1.82) is 0 Å². The number of ether oxygens (including phenoxy) is 1. The number of aliphatic hydroxyl groups is 1. The Bertz CT molecular complexity index is 394. The van der Waals surface area contributed by atoms with E-state index in [4.69, 9.17) is 4.74 Å². The lowest BCUT2D eigenvalue weighted by molar-refractivity contribution is 0.0376. The zero-order chi connectivity index (χ0) is 15.0. The number of hydrogen-bond donors (Lipinski definition) is 2. The van der Waals surface area contributed by atoms with Crippen LogP contribution in [0.3, 0.4) is 0 Å². The van der Waals surface area contributed by atoms with Crippen LogP contribution in [-0.4, -0.2) is 36.7 Å². The fraction of sp³-hybridized carbons (Fsp3) is 0.625. The zero-order valence-corrected chi connectivity index (χ0v) is 13.8. The van der Waals surface area contributed by atoms with Crippen molar-refractivity contribution in [3.8, 4) is 0 Å². The Morgan fingerprint density at radius 3 is 2.80 bits per heavy atom. The van der Waals surface area contributed by atoms with Crippen molar-refractivity contribution in [2.75, 3.05) is 26.0 Å². The van der Waals surface area contributed by atoms with Crippen LogP contribution in [0.15, 0.2) is 29.2 Å². The summed E-state index contributed by atoms with van der Waals surface area (Å²) in [6, 6.07) is 8.46. The first-order chi connectivity index (χ1) is 9.45. The molecule has 4 heteroatoms.